The molecule has 2 aromatic rings. The molecule has 0 bridgehead atoms. The number of nitrogens with one attached hydrogen (secondary N) is 1. The topological polar surface area (TPSA) is 97.8 Å². The average molecular weight is 260 g/mol. The van der Waals surface area contributed by atoms with Gasteiger partial charge in [0, 0.05) is 12.0 Å². The fourth-order valence-corrected chi connectivity index (χ4v) is 1.97. The number of nitrogens with zero attached hydrogens (tertiary/aromatic N) is 2. The summed E-state index contributed by atoms with van der Waals surface area (Å²) in [6.07, 6.45) is 2.45. The van der Waals surface area contributed by atoms with Crippen molar-refractivity contribution >= 4 is 5.69 Å². The maximum absolute atomic E-state index is 11.0. The summed E-state index contributed by atoms with van der Waals surface area (Å²) in [5, 5.41) is 11.0. The molecule has 0 aliphatic carbocycles. The Morgan fingerprint density at radius 2 is 2.21 bits per heavy atom. The number of imidazole rings is 1. The van der Waals surface area contributed by atoms with Crippen molar-refractivity contribution < 1.29 is 4.92 Å². The van der Waals surface area contributed by atoms with E-state index in [0.717, 1.165) is 12.2 Å². The number of nitro benzene ring substituents is 1. The number of para-hydroxylation sites is 1. The molecule has 100 valence electrons. The second kappa shape index (κ2) is 5.62. The van der Waals surface area contributed by atoms with Gasteiger partial charge in [0.05, 0.1) is 22.4 Å². The zero-order valence-electron chi connectivity index (χ0n) is 10.7. The van der Waals surface area contributed by atoms with Gasteiger partial charge in [0.15, 0.2) is 0 Å². The van der Waals surface area contributed by atoms with Crippen molar-refractivity contribution in [2.45, 2.75) is 19.3 Å². The first kappa shape index (κ1) is 13.2. The number of nitro groups is 1. The van der Waals surface area contributed by atoms with Gasteiger partial charge in [-0.1, -0.05) is 19.1 Å². The highest BCUT2D eigenvalue weighted by molar-refractivity contribution is 5.70. The number of nitrogens with two attached hydrogens (primary N) is 1. The number of rotatable bonds is 5. The highest BCUT2D eigenvalue weighted by Crippen LogP contribution is 2.29. The summed E-state index contributed by atoms with van der Waals surface area (Å²) in [4.78, 5) is 18.0. The standard InChI is InChI=1S/C13H16N4O2/c1-9(6-7-14)13-15-8-11(16-13)10-4-2-3-5-12(10)17(18)19/h2-5,8-9H,6-7,14H2,1H3,(H,15,16). The van der Waals surface area contributed by atoms with Gasteiger partial charge in [-0.15, -0.1) is 0 Å². The Kier molecular flexibility index (Phi) is 3.91. The lowest BCUT2D eigenvalue weighted by molar-refractivity contribution is -0.384. The molecule has 0 radical (unpaired) electrons. The minimum atomic E-state index is -0.390. The first-order valence-corrected chi connectivity index (χ1v) is 6.12. The van der Waals surface area contributed by atoms with Gasteiger partial charge in [0.1, 0.15) is 5.82 Å². The molecule has 19 heavy (non-hydrogen) atoms. The molecule has 1 aromatic carbocycles. The van der Waals surface area contributed by atoms with E-state index in [1.165, 1.54) is 6.07 Å². The lowest BCUT2D eigenvalue weighted by Crippen LogP contribution is -2.05. The second-order valence-electron chi connectivity index (χ2n) is 4.43. The van der Waals surface area contributed by atoms with Gasteiger partial charge >= 0.3 is 0 Å². The molecular formula is C13H16N4O2. The maximum Gasteiger partial charge on any atom is 0.278 e. The highest BCUT2D eigenvalue weighted by Gasteiger charge is 2.17. The molecule has 1 atom stereocenters. The minimum absolute atomic E-state index is 0.0733. The van der Waals surface area contributed by atoms with E-state index in [1.807, 2.05) is 6.92 Å². The number of hydrogen-bond donors (Lipinski definition) is 2. The van der Waals surface area contributed by atoms with Crippen molar-refractivity contribution in [3.05, 3.63) is 46.4 Å². The van der Waals surface area contributed by atoms with E-state index in [2.05, 4.69) is 9.97 Å². The maximum atomic E-state index is 11.0. The van der Waals surface area contributed by atoms with E-state index in [4.69, 9.17) is 5.73 Å². The summed E-state index contributed by atoms with van der Waals surface area (Å²) in [5.41, 5.74) is 6.80. The molecule has 0 saturated carbocycles. The van der Waals surface area contributed by atoms with Crippen LogP contribution in [0.25, 0.3) is 11.3 Å². The van der Waals surface area contributed by atoms with Gasteiger partial charge in [0.25, 0.3) is 5.69 Å². The van der Waals surface area contributed by atoms with Crippen molar-refractivity contribution in [2.75, 3.05) is 6.54 Å². The monoisotopic (exact) mass is 260 g/mol. The van der Waals surface area contributed by atoms with E-state index in [9.17, 15) is 10.1 Å². The highest BCUT2D eigenvalue weighted by atomic mass is 16.6. The molecule has 3 N–H and O–H groups in total. The normalized spacial score (nSPS) is 12.3. The third-order valence-corrected chi connectivity index (χ3v) is 3.05. The molecule has 1 heterocycles. The van der Waals surface area contributed by atoms with Gasteiger partial charge in [0.2, 0.25) is 0 Å². The molecule has 2 rings (SSSR count). The molecule has 6 heteroatoms. The van der Waals surface area contributed by atoms with Crippen molar-refractivity contribution in [3.63, 3.8) is 0 Å². The van der Waals surface area contributed by atoms with Crippen LogP contribution in [0.15, 0.2) is 30.5 Å². The quantitative estimate of drug-likeness (QED) is 0.637. The van der Waals surface area contributed by atoms with Gasteiger partial charge in [-0.25, -0.2) is 4.98 Å². The number of aromatic amines is 1. The van der Waals surface area contributed by atoms with Gasteiger partial charge in [-0.2, -0.15) is 0 Å². The molecule has 0 saturated heterocycles. The van der Waals surface area contributed by atoms with E-state index in [-0.39, 0.29) is 16.5 Å². The SMILES string of the molecule is CC(CCN)c1ncc(-c2ccccc2[N+](=O)[O-])[nH]1. The minimum Gasteiger partial charge on any atom is -0.342 e. The summed E-state index contributed by atoms with van der Waals surface area (Å²) < 4.78 is 0. The molecule has 0 aliphatic heterocycles. The Morgan fingerprint density at radius 1 is 1.47 bits per heavy atom. The smallest absolute Gasteiger partial charge is 0.278 e. The van der Waals surface area contributed by atoms with Crippen molar-refractivity contribution in [1.82, 2.24) is 9.97 Å². The van der Waals surface area contributed by atoms with Crippen LogP contribution in [-0.4, -0.2) is 21.4 Å². The molecule has 0 spiro atoms. The first-order valence-electron chi connectivity index (χ1n) is 6.12. The Morgan fingerprint density at radius 3 is 2.89 bits per heavy atom. The Bertz CT molecular complexity index is 580. The third kappa shape index (κ3) is 2.79. The van der Waals surface area contributed by atoms with Crippen LogP contribution in [0, 0.1) is 10.1 Å². The summed E-state index contributed by atoms with van der Waals surface area (Å²) >= 11 is 0. The number of hydrogen-bond acceptors (Lipinski definition) is 4. The average Bonchev–Trinajstić information content (AvgIpc) is 2.88. The molecule has 0 aliphatic rings. The zero-order valence-corrected chi connectivity index (χ0v) is 10.7. The Hall–Kier alpha value is -2.21. The third-order valence-electron chi connectivity index (χ3n) is 3.05. The Balaban J connectivity index is 2.35. The lowest BCUT2D eigenvalue weighted by atomic mass is 10.1. The van der Waals surface area contributed by atoms with Gasteiger partial charge < -0.3 is 10.7 Å². The van der Waals surface area contributed by atoms with Crippen LogP contribution in [0.4, 0.5) is 5.69 Å². The summed E-state index contributed by atoms with van der Waals surface area (Å²) in [5.74, 6) is 1.01. The van der Waals surface area contributed by atoms with Crippen LogP contribution >= 0.6 is 0 Å². The van der Waals surface area contributed by atoms with Crippen LogP contribution in [0.1, 0.15) is 25.1 Å². The summed E-state index contributed by atoms with van der Waals surface area (Å²) in [6.45, 7) is 2.61. The van der Waals surface area contributed by atoms with E-state index in [1.54, 1.807) is 24.4 Å². The molecule has 1 unspecified atom stereocenters. The zero-order chi connectivity index (χ0) is 13.8. The summed E-state index contributed by atoms with van der Waals surface area (Å²) in [7, 11) is 0. The van der Waals surface area contributed by atoms with Crippen LogP contribution < -0.4 is 5.73 Å². The fraction of sp³-hybridized carbons (Fsp3) is 0.308. The van der Waals surface area contributed by atoms with Crippen LogP contribution in [-0.2, 0) is 0 Å². The van der Waals surface area contributed by atoms with Crippen LogP contribution in [0.5, 0.6) is 0 Å². The predicted molar refractivity (Wildman–Crippen MR) is 72.8 cm³/mol. The largest absolute Gasteiger partial charge is 0.342 e. The predicted octanol–water partition coefficient (Wildman–Crippen LogP) is 2.44. The number of aromatic nitrogens is 2. The number of benzene rings is 1. The Labute approximate surface area is 110 Å². The molecular weight excluding hydrogens is 244 g/mol. The van der Waals surface area contributed by atoms with Gasteiger partial charge in [-0.3, -0.25) is 10.1 Å². The molecule has 1 aromatic heterocycles. The summed E-state index contributed by atoms with van der Waals surface area (Å²) in [6, 6.07) is 6.62. The lowest BCUT2D eigenvalue weighted by Gasteiger charge is -2.05. The van der Waals surface area contributed by atoms with Crippen LogP contribution in [0.3, 0.4) is 0 Å². The van der Waals surface area contributed by atoms with E-state index in [0.29, 0.717) is 17.8 Å². The first-order chi connectivity index (χ1) is 9.13. The fourth-order valence-electron chi connectivity index (χ4n) is 1.97. The molecule has 6 nitrogen and oxygen atoms in total. The molecule has 0 fully saturated rings. The van der Waals surface area contributed by atoms with E-state index < -0.39 is 0 Å². The second-order valence-corrected chi connectivity index (χ2v) is 4.43. The molecule has 0 amide bonds. The number of H-pyrrole nitrogens is 1. The van der Waals surface area contributed by atoms with Gasteiger partial charge in [-0.05, 0) is 19.0 Å². The van der Waals surface area contributed by atoms with Crippen molar-refractivity contribution in [3.8, 4) is 11.3 Å². The van der Waals surface area contributed by atoms with E-state index >= 15 is 0 Å². The van der Waals surface area contributed by atoms with Crippen molar-refractivity contribution in [1.29, 1.82) is 0 Å². The van der Waals surface area contributed by atoms with Crippen molar-refractivity contribution in [2.24, 2.45) is 5.73 Å². The van der Waals surface area contributed by atoms with Crippen LogP contribution in [0.2, 0.25) is 0 Å².